The zero-order valence-electron chi connectivity index (χ0n) is 14.9. The molecule has 1 amide bonds. The van der Waals surface area contributed by atoms with Gasteiger partial charge in [-0.2, -0.15) is 0 Å². The molecule has 4 rings (SSSR count). The number of aromatic nitrogens is 2. The minimum absolute atomic E-state index is 0.161. The molecule has 3 fully saturated rings. The lowest BCUT2D eigenvalue weighted by Crippen LogP contribution is -2.32. The highest BCUT2D eigenvalue weighted by Crippen LogP contribution is 2.43. The van der Waals surface area contributed by atoms with E-state index in [9.17, 15) is 4.79 Å². The molecule has 0 aromatic carbocycles. The van der Waals surface area contributed by atoms with Gasteiger partial charge >= 0.3 is 0 Å². The second kappa shape index (κ2) is 7.53. The van der Waals surface area contributed by atoms with Crippen LogP contribution in [0.4, 0.5) is 5.13 Å². The molecule has 1 aliphatic heterocycles. The van der Waals surface area contributed by atoms with Crippen LogP contribution in [0.3, 0.4) is 0 Å². The average Bonchev–Trinajstić information content (AvgIpc) is 3.22. The van der Waals surface area contributed by atoms with Crippen LogP contribution in [0.15, 0.2) is 4.34 Å². The van der Waals surface area contributed by atoms with E-state index in [4.69, 9.17) is 4.74 Å². The van der Waals surface area contributed by atoms with Crippen molar-refractivity contribution in [2.24, 2.45) is 0 Å². The topological polar surface area (TPSA) is 55.3 Å². The van der Waals surface area contributed by atoms with Crippen LogP contribution in [0, 0.1) is 0 Å². The predicted octanol–water partition coefficient (Wildman–Crippen LogP) is 4.42. The number of carbonyl (C=O) groups is 1. The van der Waals surface area contributed by atoms with Crippen LogP contribution in [-0.4, -0.2) is 39.6 Å². The van der Waals surface area contributed by atoms with Crippen LogP contribution in [-0.2, 0) is 9.53 Å². The average molecular weight is 382 g/mol. The Morgan fingerprint density at radius 2 is 2.04 bits per heavy atom. The summed E-state index contributed by atoms with van der Waals surface area (Å²) in [7, 11) is 0. The lowest BCUT2D eigenvalue weighted by atomic mass is 9.83. The standard InChI is InChI=1S/C18H27N3O2S2/c1-2-15(22)21(13-6-7-13)16-19-20-17(25-16)24-12-14-8-11-18(23-14)9-4-3-5-10-18/h13-14H,2-12H2,1H3/t14-/m1/s1. The van der Waals surface area contributed by atoms with E-state index in [1.165, 1.54) is 44.9 Å². The third kappa shape index (κ3) is 4.03. The van der Waals surface area contributed by atoms with Crippen molar-refractivity contribution in [1.29, 1.82) is 0 Å². The molecule has 0 unspecified atom stereocenters. The predicted molar refractivity (Wildman–Crippen MR) is 101 cm³/mol. The maximum absolute atomic E-state index is 12.2. The van der Waals surface area contributed by atoms with E-state index in [1.807, 2.05) is 11.8 Å². The first kappa shape index (κ1) is 17.7. The molecule has 1 saturated heterocycles. The summed E-state index contributed by atoms with van der Waals surface area (Å²) >= 11 is 3.29. The Kier molecular flexibility index (Phi) is 5.34. The fourth-order valence-corrected chi connectivity index (χ4v) is 6.06. The van der Waals surface area contributed by atoms with Crippen molar-refractivity contribution in [3.63, 3.8) is 0 Å². The number of carbonyl (C=O) groups excluding carboxylic acids is 1. The highest BCUT2D eigenvalue weighted by atomic mass is 32.2. The maximum Gasteiger partial charge on any atom is 0.228 e. The summed E-state index contributed by atoms with van der Waals surface area (Å²) in [5.41, 5.74) is 0.187. The molecule has 1 spiro atoms. The van der Waals surface area contributed by atoms with E-state index in [0.717, 1.165) is 28.1 Å². The summed E-state index contributed by atoms with van der Waals surface area (Å²) in [6, 6.07) is 0.350. The SMILES string of the molecule is CCC(=O)N(c1nnc(SC[C@H]2CCC3(CCCCC3)O2)s1)C1CC1. The molecule has 7 heteroatoms. The van der Waals surface area contributed by atoms with Crippen molar-refractivity contribution in [1.82, 2.24) is 10.2 Å². The van der Waals surface area contributed by atoms with Crippen LogP contribution < -0.4 is 4.90 Å². The molecule has 0 bridgehead atoms. The lowest BCUT2D eigenvalue weighted by molar-refractivity contribution is -0.118. The largest absolute Gasteiger partial charge is 0.371 e. The molecule has 2 aliphatic carbocycles. The summed E-state index contributed by atoms with van der Waals surface area (Å²) in [5, 5.41) is 9.37. The smallest absolute Gasteiger partial charge is 0.228 e. The first-order chi connectivity index (χ1) is 12.2. The Bertz CT molecular complexity index is 611. The molecule has 0 N–H and O–H groups in total. The zero-order chi connectivity index (χ0) is 17.3. The van der Waals surface area contributed by atoms with Crippen molar-refractivity contribution in [3.8, 4) is 0 Å². The highest BCUT2D eigenvalue weighted by molar-refractivity contribution is 8.01. The number of nitrogens with zero attached hydrogens (tertiary/aromatic N) is 3. The number of ether oxygens (including phenoxy) is 1. The molecule has 1 aromatic rings. The Hall–Kier alpha value is -0.660. The van der Waals surface area contributed by atoms with Gasteiger partial charge in [-0.15, -0.1) is 10.2 Å². The van der Waals surface area contributed by atoms with Gasteiger partial charge in [0.05, 0.1) is 11.7 Å². The van der Waals surface area contributed by atoms with Gasteiger partial charge in [0, 0.05) is 18.2 Å². The van der Waals surface area contributed by atoms with Crippen LogP contribution >= 0.6 is 23.1 Å². The summed E-state index contributed by atoms with van der Waals surface area (Å²) in [4.78, 5) is 14.0. The summed E-state index contributed by atoms with van der Waals surface area (Å²) in [6.07, 6.45) is 11.9. The van der Waals surface area contributed by atoms with Crippen molar-refractivity contribution in [2.45, 2.75) is 93.2 Å². The zero-order valence-corrected chi connectivity index (χ0v) is 16.5. The van der Waals surface area contributed by atoms with Gasteiger partial charge in [-0.05, 0) is 38.5 Å². The Balaban J connectivity index is 1.32. The van der Waals surface area contributed by atoms with E-state index >= 15 is 0 Å². The molecule has 2 saturated carbocycles. The van der Waals surface area contributed by atoms with E-state index in [0.29, 0.717) is 18.6 Å². The van der Waals surface area contributed by atoms with Gasteiger partial charge in [0.25, 0.3) is 0 Å². The molecule has 5 nitrogen and oxygen atoms in total. The third-order valence-electron chi connectivity index (χ3n) is 5.58. The Morgan fingerprint density at radius 3 is 2.76 bits per heavy atom. The monoisotopic (exact) mass is 381 g/mol. The van der Waals surface area contributed by atoms with Crippen LogP contribution in [0.5, 0.6) is 0 Å². The summed E-state index contributed by atoms with van der Waals surface area (Å²) in [6.45, 7) is 1.91. The van der Waals surface area contributed by atoms with Crippen molar-refractivity contribution >= 4 is 34.1 Å². The summed E-state index contributed by atoms with van der Waals surface area (Å²) in [5.74, 6) is 1.11. The van der Waals surface area contributed by atoms with Crippen molar-refractivity contribution in [3.05, 3.63) is 0 Å². The molecule has 2 heterocycles. The van der Waals surface area contributed by atoms with Crippen LogP contribution in [0.1, 0.15) is 71.1 Å². The molecular formula is C18H27N3O2S2. The van der Waals surface area contributed by atoms with Crippen molar-refractivity contribution < 1.29 is 9.53 Å². The highest BCUT2D eigenvalue weighted by Gasteiger charge is 2.41. The van der Waals surface area contributed by atoms with Gasteiger partial charge in [0.15, 0.2) is 4.34 Å². The number of hydrogen-bond donors (Lipinski definition) is 0. The number of amides is 1. The normalized spacial score (nSPS) is 25.4. The summed E-state index contributed by atoms with van der Waals surface area (Å²) < 4.78 is 7.40. The minimum Gasteiger partial charge on any atom is -0.371 e. The Morgan fingerprint density at radius 1 is 1.24 bits per heavy atom. The van der Waals surface area contributed by atoms with Crippen LogP contribution in [0.2, 0.25) is 0 Å². The fraction of sp³-hybridized carbons (Fsp3) is 0.833. The van der Waals surface area contributed by atoms with Gasteiger partial charge in [-0.3, -0.25) is 9.69 Å². The molecule has 25 heavy (non-hydrogen) atoms. The molecule has 1 aromatic heterocycles. The minimum atomic E-state index is 0.161. The van der Waals surface area contributed by atoms with Gasteiger partial charge < -0.3 is 4.74 Å². The lowest BCUT2D eigenvalue weighted by Gasteiger charge is -2.33. The first-order valence-corrected chi connectivity index (χ1v) is 11.5. The van der Waals surface area contributed by atoms with Crippen LogP contribution in [0.25, 0.3) is 0 Å². The van der Waals surface area contributed by atoms with E-state index in [2.05, 4.69) is 10.2 Å². The second-order valence-corrected chi connectivity index (χ2v) is 9.76. The fourth-order valence-electron chi connectivity index (χ4n) is 4.07. The van der Waals surface area contributed by atoms with Gasteiger partial charge in [0.1, 0.15) is 0 Å². The first-order valence-electron chi connectivity index (χ1n) is 9.65. The molecule has 0 radical (unpaired) electrons. The van der Waals surface area contributed by atoms with Gasteiger partial charge in [-0.25, -0.2) is 0 Å². The van der Waals surface area contributed by atoms with E-state index in [1.54, 1.807) is 23.1 Å². The quantitative estimate of drug-likeness (QED) is 0.539. The molecular weight excluding hydrogens is 354 g/mol. The molecule has 1 atom stereocenters. The number of thioether (sulfide) groups is 1. The maximum atomic E-state index is 12.2. The van der Waals surface area contributed by atoms with Gasteiger partial charge in [0.2, 0.25) is 11.0 Å². The van der Waals surface area contributed by atoms with E-state index < -0.39 is 0 Å². The van der Waals surface area contributed by atoms with E-state index in [-0.39, 0.29) is 11.5 Å². The number of hydrogen-bond acceptors (Lipinski definition) is 6. The number of rotatable bonds is 6. The third-order valence-corrected chi connectivity index (χ3v) is 7.77. The second-order valence-electron chi connectivity index (χ2n) is 7.53. The molecule has 3 aliphatic rings. The molecule has 138 valence electrons. The number of anilines is 1. The van der Waals surface area contributed by atoms with Crippen molar-refractivity contribution in [2.75, 3.05) is 10.7 Å². The Labute approximate surface area is 157 Å². The van der Waals surface area contributed by atoms with Gasteiger partial charge in [-0.1, -0.05) is 49.3 Å².